The second kappa shape index (κ2) is 10.4. The number of benzene rings is 2. The molecule has 1 saturated heterocycles. The van der Waals surface area contributed by atoms with Crippen molar-refractivity contribution in [2.75, 3.05) is 27.4 Å². The number of carbonyl (C=O) groups excluding carboxylic acids is 2. The van der Waals surface area contributed by atoms with Gasteiger partial charge in [0.1, 0.15) is 11.5 Å². The average Bonchev–Trinajstić information content (AvgIpc) is 3.06. The Morgan fingerprint density at radius 2 is 1.70 bits per heavy atom. The Kier molecular flexibility index (Phi) is 7.60. The first-order valence-electron chi connectivity index (χ1n) is 10.7. The van der Waals surface area contributed by atoms with Gasteiger partial charge in [0, 0.05) is 18.7 Å². The summed E-state index contributed by atoms with van der Waals surface area (Å²) in [4.78, 5) is 27.4. The van der Waals surface area contributed by atoms with Gasteiger partial charge in [0.25, 0.3) is 11.7 Å². The third kappa shape index (κ3) is 5.12. The van der Waals surface area contributed by atoms with Crippen LogP contribution in [0.3, 0.4) is 0 Å². The maximum Gasteiger partial charge on any atom is 0.295 e. The molecule has 3 rings (SSSR count). The van der Waals surface area contributed by atoms with E-state index in [1.807, 2.05) is 13.8 Å². The molecule has 0 bridgehead atoms. The van der Waals surface area contributed by atoms with Crippen LogP contribution in [0.5, 0.6) is 17.2 Å². The molecule has 8 heteroatoms. The molecule has 1 aliphatic heterocycles. The number of aliphatic hydroxyl groups excluding tert-OH is 1. The number of rotatable bonds is 9. The molecule has 1 amide bonds. The molecule has 2 aromatic rings. The highest BCUT2D eigenvalue weighted by Gasteiger charge is 2.45. The van der Waals surface area contributed by atoms with Crippen LogP contribution in [0.1, 0.15) is 37.4 Å². The van der Waals surface area contributed by atoms with Crippen LogP contribution in [0, 0.1) is 0 Å². The van der Waals surface area contributed by atoms with E-state index >= 15 is 0 Å². The van der Waals surface area contributed by atoms with Gasteiger partial charge in [-0.05, 0) is 56.2 Å². The van der Waals surface area contributed by atoms with Crippen molar-refractivity contribution < 1.29 is 34.0 Å². The topological polar surface area (TPSA) is 106 Å². The van der Waals surface area contributed by atoms with Crippen LogP contribution >= 0.6 is 0 Å². The fraction of sp³-hybridized carbons (Fsp3) is 0.360. The van der Waals surface area contributed by atoms with Gasteiger partial charge in [-0.3, -0.25) is 9.59 Å². The van der Waals surface area contributed by atoms with Crippen LogP contribution in [0.25, 0.3) is 5.76 Å². The van der Waals surface area contributed by atoms with Crippen molar-refractivity contribution in [3.8, 4) is 17.2 Å². The number of Topliss-reactive ketones (excluding diaryl/α,β-unsaturated/α-hetero) is 1. The molecule has 33 heavy (non-hydrogen) atoms. The lowest BCUT2D eigenvalue weighted by Gasteiger charge is -2.25. The van der Waals surface area contributed by atoms with Crippen molar-refractivity contribution in [3.63, 3.8) is 0 Å². The monoisotopic (exact) mass is 455 g/mol. The molecule has 1 unspecified atom stereocenters. The van der Waals surface area contributed by atoms with E-state index in [0.717, 1.165) is 0 Å². The third-order valence-electron chi connectivity index (χ3n) is 5.40. The minimum Gasteiger partial charge on any atom is -0.508 e. The van der Waals surface area contributed by atoms with E-state index in [4.69, 9.17) is 14.2 Å². The molecule has 2 N–H and O–H groups in total. The van der Waals surface area contributed by atoms with Gasteiger partial charge >= 0.3 is 0 Å². The highest BCUT2D eigenvalue weighted by molar-refractivity contribution is 6.46. The van der Waals surface area contributed by atoms with Gasteiger partial charge < -0.3 is 29.3 Å². The second-order valence-corrected chi connectivity index (χ2v) is 7.93. The number of carbonyl (C=O) groups is 2. The normalized spacial score (nSPS) is 17.6. The highest BCUT2D eigenvalue weighted by atomic mass is 16.5. The quantitative estimate of drug-likeness (QED) is 0.257. The smallest absolute Gasteiger partial charge is 0.295 e. The number of ketones is 1. The minimum absolute atomic E-state index is 0.0253. The number of ether oxygens (including phenoxy) is 3. The molecule has 1 atom stereocenters. The minimum atomic E-state index is -0.808. The standard InChI is InChI=1S/C25H29NO7/c1-15(2)33-13-5-12-26-22(16-6-9-18(27)10-7-16)21(24(29)25(26)30)23(28)17-8-11-19(31-3)20(14-17)32-4/h6-11,14-15,22,27-28H,5,12-13H2,1-4H3/b23-21-. The van der Waals surface area contributed by atoms with E-state index in [9.17, 15) is 19.8 Å². The number of phenols is 1. The first kappa shape index (κ1) is 24.1. The third-order valence-corrected chi connectivity index (χ3v) is 5.40. The fourth-order valence-electron chi connectivity index (χ4n) is 3.81. The van der Waals surface area contributed by atoms with E-state index < -0.39 is 17.7 Å². The molecule has 0 radical (unpaired) electrons. The van der Waals surface area contributed by atoms with E-state index in [-0.39, 0.29) is 29.7 Å². The summed E-state index contributed by atoms with van der Waals surface area (Å²) in [6, 6.07) is 10.2. The zero-order chi connectivity index (χ0) is 24.1. The summed E-state index contributed by atoms with van der Waals surface area (Å²) in [5, 5.41) is 20.9. The van der Waals surface area contributed by atoms with Crippen molar-refractivity contribution in [2.24, 2.45) is 0 Å². The largest absolute Gasteiger partial charge is 0.508 e. The van der Waals surface area contributed by atoms with Gasteiger partial charge in [0.2, 0.25) is 0 Å². The molecule has 8 nitrogen and oxygen atoms in total. The highest BCUT2D eigenvalue weighted by Crippen LogP contribution is 2.41. The van der Waals surface area contributed by atoms with E-state index in [1.54, 1.807) is 30.3 Å². The molecular weight excluding hydrogens is 426 g/mol. The predicted octanol–water partition coefficient (Wildman–Crippen LogP) is 3.65. The lowest BCUT2D eigenvalue weighted by atomic mass is 9.95. The van der Waals surface area contributed by atoms with Crippen molar-refractivity contribution >= 4 is 17.4 Å². The van der Waals surface area contributed by atoms with Crippen molar-refractivity contribution in [1.82, 2.24) is 4.90 Å². The molecule has 0 aliphatic carbocycles. The zero-order valence-electron chi connectivity index (χ0n) is 19.2. The number of hydrogen-bond acceptors (Lipinski definition) is 7. The maximum absolute atomic E-state index is 13.1. The molecule has 0 aromatic heterocycles. The van der Waals surface area contributed by atoms with Crippen LogP contribution in [-0.2, 0) is 14.3 Å². The molecule has 176 valence electrons. The molecule has 1 aliphatic rings. The molecule has 1 fully saturated rings. The van der Waals surface area contributed by atoms with Gasteiger partial charge in [-0.25, -0.2) is 0 Å². The van der Waals surface area contributed by atoms with Crippen LogP contribution in [-0.4, -0.2) is 60.3 Å². The summed E-state index contributed by atoms with van der Waals surface area (Å²) in [6.07, 6.45) is 0.578. The number of aromatic hydroxyl groups is 1. The Hall–Kier alpha value is -3.52. The van der Waals surface area contributed by atoms with E-state index in [1.165, 1.54) is 31.3 Å². The van der Waals surface area contributed by atoms with Crippen LogP contribution < -0.4 is 9.47 Å². The number of likely N-dealkylation sites (tertiary alicyclic amines) is 1. The van der Waals surface area contributed by atoms with Gasteiger partial charge in [-0.1, -0.05) is 12.1 Å². The lowest BCUT2D eigenvalue weighted by Crippen LogP contribution is -2.31. The van der Waals surface area contributed by atoms with Gasteiger partial charge in [-0.15, -0.1) is 0 Å². The number of aliphatic hydroxyl groups is 1. The first-order valence-corrected chi connectivity index (χ1v) is 10.7. The zero-order valence-corrected chi connectivity index (χ0v) is 19.2. The number of amides is 1. The van der Waals surface area contributed by atoms with E-state index in [2.05, 4.69) is 0 Å². The summed E-state index contributed by atoms with van der Waals surface area (Å²) in [5.41, 5.74) is 0.888. The Bertz CT molecular complexity index is 1040. The molecule has 2 aromatic carbocycles. The van der Waals surface area contributed by atoms with Gasteiger partial charge in [0.15, 0.2) is 11.5 Å². The average molecular weight is 456 g/mol. The van der Waals surface area contributed by atoms with Crippen LogP contribution in [0.4, 0.5) is 0 Å². The first-order chi connectivity index (χ1) is 15.8. The van der Waals surface area contributed by atoms with Crippen molar-refractivity contribution in [2.45, 2.75) is 32.4 Å². The Morgan fingerprint density at radius 1 is 1.03 bits per heavy atom. The summed E-state index contributed by atoms with van der Waals surface area (Å²) in [5.74, 6) is -0.878. The molecule has 0 spiro atoms. The number of hydrogen-bond donors (Lipinski definition) is 2. The van der Waals surface area contributed by atoms with Crippen LogP contribution in [0.2, 0.25) is 0 Å². The summed E-state index contributed by atoms with van der Waals surface area (Å²) >= 11 is 0. The lowest BCUT2D eigenvalue weighted by molar-refractivity contribution is -0.140. The summed E-state index contributed by atoms with van der Waals surface area (Å²) < 4.78 is 16.1. The van der Waals surface area contributed by atoms with E-state index in [0.29, 0.717) is 35.7 Å². The molecule has 1 heterocycles. The maximum atomic E-state index is 13.1. The second-order valence-electron chi connectivity index (χ2n) is 7.93. The van der Waals surface area contributed by atoms with Gasteiger partial charge in [-0.2, -0.15) is 0 Å². The SMILES string of the molecule is COc1ccc(/C(O)=C2/C(=O)C(=O)N(CCCOC(C)C)C2c2ccc(O)cc2)cc1OC. The fourth-order valence-corrected chi connectivity index (χ4v) is 3.81. The predicted molar refractivity (Wildman–Crippen MR) is 122 cm³/mol. The number of phenolic OH excluding ortho intramolecular Hbond substituents is 1. The Labute approximate surface area is 193 Å². The summed E-state index contributed by atoms with van der Waals surface area (Å²) in [6.45, 7) is 4.54. The number of nitrogens with zero attached hydrogens (tertiary/aromatic N) is 1. The van der Waals surface area contributed by atoms with Crippen LogP contribution in [0.15, 0.2) is 48.0 Å². The number of methoxy groups -OCH3 is 2. The Morgan fingerprint density at radius 3 is 2.30 bits per heavy atom. The van der Waals surface area contributed by atoms with Crippen molar-refractivity contribution in [3.05, 3.63) is 59.2 Å². The Balaban J connectivity index is 2.06. The van der Waals surface area contributed by atoms with Gasteiger partial charge in [0.05, 0.1) is 31.9 Å². The molecular formula is C25H29NO7. The van der Waals surface area contributed by atoms with Crippen molar-refractivity contribution in [1.29, 1.82) is 0 Å². The molecule has 0 saturated carbocycles. The summed E-state index contributed by atoms with van der Waals surface area (Å²) in [7, 11) is 2.97.